The minimum absolute atomic E-state index is 0.196. The van der Waals surface area contributed by atoms with Gasteiger partial charge < -0.3 is 5.32 Å². The molecule has 0 saturated carbocycles. The second-order valence-corrected chi connectivity index (χ2v) is 5.57. The van der Waals surface area contributed by atoms with Crippen molar-refractivity contribution >= 4 is 39.1 Å². The number of nitrogens with zero attached hydrogens (tertiary/aromatic N) is 1. The maximum atomic E-state index is 12.2. The largest absolute Gasteiger partial charge is 0.322 e. The number of hydrogen-bond donors (Lipinski definition) is 1. The van der Waals surface area contributed by atoms with Gasteiger partial charge in [0.25, 0.3) is 5.91 Å². The number of pyridine rings is 1. The van der Waals surface area contributed by atoms with E-state index in [0.29, 0.717) is 15.2 Å². The van der Waals surface area contributed by atoms with Gasteiger partial charge >= 0.3 is 0 Å². The third-order valence-corrected chi connectivity index (χ3v) is 3.98. The number of amides is 1. The fourth-order valence-electron chi connectivity index (χ4n) is 1.87. The van der Waals surface area contributed by atoms with Crippen LogP contribution in [0.3, 0.4) is 0 Å². The van der Waals surface area contributed by atoms with Gasteiger partial charge in [0.2, 0.25) is 0 Å². The van der Waals surface area contributed by atoms with Crippen LogP contribution in [0, 0.1) is 0 Å². The highest BCUT2D eigenvalue weighted by Crippen LogP contribution is 2.22. The summed E-state index contributed by atoms with van der Waals surface area (Å²) in [4.78, 5) is 16.2. The van der Waals surface area contributed by atoms with Gasteiger partial charge in [-0.25, -0.2) is 4.98 Å². The molecule has 104 valence electrons. The van der Waals surface area contributed by atoms with Crippen LogP contribution >= 0.6 is 27.5 Å². The summed E-state index contributed by atoms with van der Waals surface area (Å²) < 4.78 is 0.605. The zero-order valence-electron chi connectivity index (χ0n) is 11.0. The Bertz CT molecular complexity index is 631. The van der Waals surface area contributed by atoms with Crippen molar-refractivity contribution < 1.29 is 4.79 Å². The molecule has 3 nitrogen and oxygen atoms in total. The number of benzene rings is 1. The number of carbonyl (C=O) groups is 1. The van der Waals surface area contributed by atoms with Crippen molar-refractivity contribution in [1.29, 1.82) is 0 Å². The fraction of sp³-hybridized carbons (Fsp3) is 0.200. The molecular formula is C15H14BrClN2O. The van der Waals surface area contributed by atoms with Gasteiger partial charge in [-0.15, -0.1) is 0 Å². The molecule has 20 heavy (non-hydrogen) atoms. The van der Waals surface area contributed by atoms with Crippen LogP contribution < -0.4 is 5.32 Å². The molecule has 0 aliphatic rings. The average molecular weight is 354 g/mol. The fourth-order valence-corrected chi connectivity index (χ4v) is 2.32. The van der Waals surface area contributed by atoms with E-state index in [1.165, 1.54) is 6.20 Å². The normalized spacial score (nSPS) is 10.3. The van der Waals surface area contributed by atoms with Gasteiger partial charge in [0.1, 0.15) is 5.15 Å². The number of rotatable bonds is 4. The standard InChI is InChI=1S/C15H14BrClN2O/c1-2-5-10-6-3-4-7-13(10)19-15(20)11-8-12(16)14(17)18-9-11/h3-4,6-9H,2,5H2,1H3,(H,19,20). The highest BCUT2D eigenvalue weighted by Gasteiger charge is 2.11. The smallest absolute Gasteiger partial charge is 0.257 e. The predicted octanol–water partition coefficient (Wildman–Crippen LogP) is 4.70. The summed E-state index contributed by atoms with van der Waals surface area (Å²) in [7, 11) is 0. The lowest BCUT2D eigenvalue weighted by molar-refractivity contribution is 0.102. The van der Waals surface area contributed by atoms with Crippen LogP contribution in [0.25, 0.3) is 0 Å². The highest BCUT2D eigenvalue weighted by molar-refractivity contribution is 9.10. The van der Waals surface area contributed by atoms with Crippen molar-refractivity contribution in [3.8, 4) is 0 Å². The molecule has 0 saturated heterocycles. The van der Waals surface area contributed by atoms with E-state index >= 15 is 0 Å². The Morgan fingerprint density at radius 3 is 2.85 bits per heavy atom. The van der Waals surface area contributed by atoms with E-state index in [1.54, 1.807) is 6.07 Å². The van der Waals surface area contributed by atoms with E-state index in [2.05, 4.69) is 33.2 Å². The highest BCUT2D eigenvalue weighted by atomic mass is 79.9. The molecule has 0 atom stereocenters. The number of aryl methyl sites for hydroxylation is 1. The second kappa shape index (κ2) is 6.86. The van der Waals surface area contributed by atoms with Crippen molar-refractivity contribution in [3.05, 3.63) is 57.3 Å². The molecule has 0 unspecified atom stereocenters. The number of para-hydroxylation sites is 1. The Balaban J connectivity index is 2.21. The van der Waals surface area contributed by atoms with E-state index in [1.807, 2.05) is 24.3 Å². The van der Waals surface area contributed by atoms with Gasteiger partial charge in [0.15, 0.2) is 0 Å². The van der Waals surface area contributed by atoms with Crippen LogP contribution in [0.15, 0.2) is 41.0 Å². The molecule has 0 aliphatic heterocycles. The minimum atomic E-state index is -0.196. The lowest BCUT2D eigenvalue weighted by Crippen LogP contribution is -2.13. The van der Waals surface area contributed by atoms with Gasteiger partial charge in [-0.2, -0.15) is 0 Å². The summed E-state index contributed by atoms with van der Waals surface area (Å²) in [6, 6.07) is 9.47. The molecular weight excluding hydrogens is 340 g/mol. The molecule has 1 heterocycles. The van der Waals surface area contributed by atoms with Crippen molar-refractivity contribution in [3.63, 3.8) is 0 Å². The third-order valence-electron chi connectivity index (χ3n) is 2.84. The van der Waals surface area contributed by atoms with Crippen molar-refractivity contribution in [2.45, 2.75) is 19.8 Å². The summed E-state index contributed by atoms with van der Waals surface area (Å²) in [5, 5.41) is 3.26. The molecule has 5 heteroatoms. The van der Waals surface area contributed by atoms with Crippen LogP contribution in [-0.4, -0.2) is 10.9 Å². The van der Waals surface area contributed by atoms with Crippen LogP contribution in [0.2, 0.25) is 5.15 Å². The Kier molecular flexibility index (Phi) is 5.15. The Labute approximate surface area is 131 Å². The lowest BCUT2D eigenvalue weighted by atomic mass is 10.1. The molecule has 1 N–H and O–H groups in total. The number of anilines is 1. The number of hydrogen-bond acceptors (Lipinski definition) is 2. The van der Waals surface area contributed by atoms with Crippen LogP contribution in [0.5, 0.6) is 0 Å². The van der Waals surface area contributed by atoms with Crippen LogP contribution in [0.1, 0.15) is 29.3 Å². The SMILES string of the molecule is CCCc1ccccc1NC(=O)c1cnc(Cl)c(Br)c1. The molecule has 2 aromatic rings. The Hall–Kier alpha value is -1.39. The number of aromatic nitrogens is 1. The molecule has 1 amide bonds. The quantitative estimate of drug-likeness (QED) is 0.809. The molecule has 1 aromatic carbocycles. The van der Waals surface area contributed by atoms with E-state index in [0.717, 1.165) is 24.1 Å². The maximum absolute atomic E-state index is 12.2. The molecule has 1 aromatic heterocycles. The summed E-state index contributed by atoms with van der Waals surface area (Å²) in [5.74, 6) is -0.196. The lowest BCUT2D eigenvalue weighted by Gasteiger charge is -2.10. The third kappa shape index (κ3) is 3.58. The maximum Gasteiger partial charge on any atom is 0.257 e. The molecule has 0 aliphatic carbocycles. The zero-order valence-corrected chi connectivity index (χ0v) is 13.3. The average Bonchev–Trinajstić information content (AvgIpc) is 2.44. The predicted molar refractivity (Wildman–Crippen MR) is 85.3 cm³/mol. The number of halogens is 2. The Morgan fingerprint density at radius 1 is 1.40 bits per heavy atom. The summed E-state index contributed by atoms with van der Waals surface area (Å²) >= 11 is 9.09. The van der Waals surface area contributed by atoms with Gasteiger partial charge in [-0.1, -0.05) is 43.1 Å². The van der Waals surface area contributed by atoms with E-state index in [4.69, 9.17) is 11.6 Å². The summed E-state index contributed by atoms with van der Waals surface area (Å²) in [6.45, 7) is 2.11. The molecule has 0 spiro atoms. The van der Waals surface area contributed by atoms with Gasteiger partial charge in [0, 0.05) is 11.9 Å². The van der Waals surface area contributed by atoms with Gasteiger partial charge in [-0.3, -0.25) is 4.79 Å². The number of carbonyl (C=O) groups excluding carboxylic acids is 1. The number of nitrogens with one attached hydrogen (secondary N) is 1. The van der Waals surface area contributed by atoms with Crippen molar-refractivity contribution in [2.75, 3.05) is 5.32 Å². The van der Waals surface area contributed by atoms with Crippen LogP contribution in [0.4, 0.5) is 5.69 Å². The monoisotopic (exact) mass is 352 g/mol. The first-order chi connectivity index (χ1) is 9.61. The second-order valence-electron chi connectivity index (χ2n) is 4.36. The van der Waals surface area contributed by atoms with Gasteiger partial charge in [-0.05, 0) is 40.0 Å². The zero-order chi connectivity index (χ0) is 14.5. The van der Waals surface area contributed by atoms with Crippen molar-refractivity contribution in [2.24, 2.45) is 0 Å². The van der Waals surface area contributed by atoms with Crippen molar-refractivity contribution in [1.82, 2.24) is 4.98 Å². The van der Waals surface area contributed by atoms with E-state index < -0.39 is 0 Å². The Morgan fingerprint density at radius 2 is 2.15 bits per heavy atom. The summed E-state index contributed by atoms with van der Waals surface area (Å²) in [6.07, 6.45) is 3.42. The summed E-state index contributed by atoms with van der Waals surface area (Å²) in [5.41, 5.74) is 2.43. The topological polar surface area (TPSA) is 42.0 Å². The first-order valence-electron chi connectivity index (χ1n) is 6.32. The molecule has 2 rings (SSSR count). The first kappa shape index (κ1) is 15.0. The van der Waals surface area contributed by atoms with Gasteiger partial charge in [0.05, 0.1) is 10.0 Å². The molecule has 0 fully saturated rings. The van der Waals surface area contributed by atoms with E-state index in [-0.39, 0.29) is 5.91 Å². The first-order valence-corrected chi connectivity index (χ1v) is 7.49. The van der Waals surface area contributed by atoms with Crippen LogP contribution in [-0.2, 0) is 6.42 Å². The van der Waals surface area contributed by atoms with E-state index in [9.17, 15) is 4.79 Å². The molecule has 0 radical (unpaired) electrons. The minimum Gasteiger partial charge on any atom is -0.322 e. The molecule has 0 bridgehead atoms.